The molecular formula is C26H27NO3S. The molecule has 0 aliphatic carbocycles. The SMILES string of the molecule is COc1ccc(C(=O)N[C@H](C)C(=O)S[C@@H](C)Cc2ccc(-c3ccccc3)cc2)cc1. The number of thioether (sulfide) groups is 1. The number of benzene rings is 3. The Hall–Kier alpha value is -3.05. The number of hydrogen-bond donors (Lipinski definition) is 1. The van der Waals surface area contributed by atoms with Gasteiger partial charge in [0.05, 0.1) is 13.2 Å². The molecule has 5 heteroatoms. The number of amides is 1. The number of nitrogens with one attached hydrogen (secondary N) is 1. The minimum atomic E-state index is -0.567. The molecule has 0 saturated heterocycles. The number of ether oxygens (including phenoxy) is 1. The van der Waals surface area contributed by atoms with Crippen LogP contribution in [0.15, 0.2) is 78.9 Å². The molecular weight excluding hydrogens is 406 g/mol. The molecule has 160 valence electrons. The second-order valence-corrected chi connectivity index (χ2v) is 8.88. The van der Waals surface area contributed by atoms with Crippen LogP contribution in [0.5, 0.6) is 5.75 Å². The summed E-state index contributed by atoms with van der Waals surface area (Å²) >= 11 is 1.27. The Kier molecular flexibility index (Phi) is 7.90. The zero-order valence-corrected chi connectivity index (χ0v) is 18.8. The topological polar surface area (TPSA) is 55.4 Å². The van der Waals surface area contributed by atoms with Gasteiger partial charge in [0.15, 0.2) is 0 Å². The van der Waals surface area contributed by atoms with E-state index in [2.05, 4.69) is 41.7 Å². The van der Waals surface area contributed by atoms with E-state index in [9.17, 15) is 9.59 Å². The van der Waals surface area contributed by atoms with Gasteiger partial charge < -0.3 is 10.1 Å². The summed E-state index contributed by atoms with van der Waals surface area (Å²) in [6.45, 7) is 3.75. The first-order valence-corrected chi connectivity index (χ1v) is 11.1. The highest BCUT2D eigenvalue weighted by Crippen LogP contribution is 2.23. The smallest absolute Gasteiger partial charge is 0.251 e. The molecule has 0 aliphatic heterocycles. The third-order valence-corrected chi connectivity index (χ3v) is 6.11. The van der Waals surface area contributed by atoms with Crippen molar-refractivity contribution in [2.45, 2.75) is 31.6 Å². The van der Waals surface area contributed by atoms with E-state index in [4.69, 9.17) is 4.74 Å². The monoisotopic (exact) mass is 433 g/mol. The average molecular weight is 434 g/mol. The Morgan fingerprint density at radius 2 is 1.48 bits per heavy atom. The van der Waals surface area contributed by atoms with Crippen LogP contribution in [0.3, 0.4) is 0 Å². The molecule has 3 rings (SSSR count). The summed E-state index contributed by atoms with van der Waals surface area (Å²) in [5.41, 5.74) is 4.04. The van der Waals surface area contributed by atoms with Gasteiger partial charge in [-0.2, -0.15) is 0 Å². The molecule has 1 amide bonds. The van der Waals surface area contributed by atoms with Gasteiger partial charge in [-0.1, -0.05) is 73.3 Å². The predicted molar refractivity (Wildman–Crippen MR) is 128 cm³/mol. The van der Waals surface area contributed by atoms with E-state index in [-0.39, 0.29) is 16.3 Å². The van der Waals surface area contributed by atoms with Gasteiger partial charge in [-0.25, -0.2) is 0 Å². The first-order valence-electron chi connectivity index (χ1n) is 10.3. The number of rotatable bonds is 8. The first-order chi connectivity index (χ1) is 15.0. The highest BCUT2D eigenvalue weighted by Gasteiger charge is 2.20. The molecule has 2 atom stereocenters. The highest BCUT2D eigenvalue weighted by molar-refractivity contribution is 8.14. The van der Waals surface area contributed by atoms with Gasteiger partial charge >= 0.3 is 0 Å². The van der Waals surface area contributed by atoms with Gasteiger partial charge in [0.25, 0.3) is 5.91 Å². The number of carbonyl (C=O) groups is 2. The van der Waals surface area contributed by atoms with Crippen LogP contribution in [0.2, 0.25) is 0 Å². The normalized spacial score (nSPS) is 12.6. The maximum absolute atomic E-state index is 12.6. The van der Waals surface area contributed by atoms with Crippen molar-refractivity contribution in [3.63, 3.8) is 0 Å². The number of carbonyl (C=O) groups excluding carboxylic acids is 2. The fourth-order valence-electron chi connectivity index (χ4n) is 3.22. The van der Waals surface area contributed by atoms with Crippen molar-refractivity contribution >= 4 is 22.8 Å². The Bertz CT molecular complexity index is 1000. The summed E-state index contributed by atoms with van der Waals surface area (Å²) in [5, 5.41) is 2.84. The summed E-state index contributed by atoms with van der Waals surface area (Å²) in [7, 11) is 1.58. The molecule has 0 radical (unpaired) electrons. The summed E-state index contributed by atoms with van der Waals surface area (Å²) in [5.74, 6) is 0.412. The maximum Gasteiger partial charge on any atom is 0.251 e. The van der Waals surface area contributed by atoms with Gasteiger partial charge in [-0.15, -0.1) is 0 Å². The van der Waals surface area contributed by atoms with Gasteiger partial charge in [-0.3, -0.25) is 9.59 Å². The lowest BCUT2D eigenvalue weighted by Gasteiger charge is -2.16. The lowest BCUT2D eigenvalue weighted by molar-refractivity contribution is -0.112. The molecule has 3 aromatic rings. The van der Waals surface area contributed by atoms with E-state index in [1.165, 1.54) is 28.5 Å². The minimum absolute atomic E-state index is 0.0460. The standard InChI is InChI=1S/C26H27NO3S/c1-18(17-20-9-11-22(12-10-20)21-7-5-4-6-8-21)31-26(29)19(2)27-25(28)23-13-15-24(30-3)16-14-23/h4-16,18-19H,17H2,1-3H3,(H,27,28)/t18-,19+/m0/s1. The quantitative estimate of drug-likeness (QED) is 0.519. The Morgan fingerprint density at radius 3 is 2.10 bits per heavy atom. The van der Waals surface area contributed by atoms with E-state index >= 15 is 0 Å². The molecule has 3 aromatic carbocycles. The van der Waals surface area contributed by atoms with Crippen LogP contribution in [-0.4, -0.2) is 29.4 Å². The number of methoxy groups -OCH3 is 1. The predicted octanol–water partition coefficient (Wildman–Crippen LogP) is 5.37. The zero-order chi connectivity index (χ0) is 22.2. The van der Waals surface area contributed by atoms with Crippen molar-refractivity contribution in [2.24, 2.45) is 0 Å². The van der Waals surface area contributed by atoms with Gasteiger partial charge in [-0.05, 0) is 54.3 Å². The molecule has 0 saturated carbocycles. The third kappa shape index (κ3) is 6.46. The van der Waals surface area contributed by atoms with Crippen LogP contribution < -0.4 is 10.1 Å². The van der Waals surface area contributed by atoms with Gasteiger partial charge in [0, 0.05) is 10.8 Å². The molecule has 0 bridgehead atoms. The van der Waals surface area contributed by atoms with Crippen LogP contribution in [-0.2, 0) is 11.2 Å². The van der Waals surface area contributed by atoms with Crippen molar-refractivity contribution in [3.05, 3.63) is 90.0 Å². The van der Waals surface area contributed by atoms with E-state index in [0.29, 0.717) is 11.3 Å². The lowest BCUT2D eigenvalue weighted by Crippen LogP contribution is -2.37. The molecule has 4 nitrogen and oxygen atoms in total. The summed E-state index contributed by atoms with van der Waals surface area (Å²) in [4.78, 5) is 24.9. The van der Waals surface area contributed by atoms with Crippen molar-refractivity contribution < 1.29 is 14.3 Å². The van der Waals surface area contributed by atoms with Crippen molar-refractivity contribution in [1.29, 1.82) is 0 Å². The summed E-state index contributed by atoms with van der Waals surface area (Å²) in [6, 6.07) is 24.9. The molecule has 31 heavy (non-hydrogen) atoms. The Balaban J connectivity index is 1.50. The first kappa shape index (κ1) is 22.6. The van der Waals surface area contributed by atoms with E-state index < -0.39 is 6.04 Å². The van der Waals surface area contributed by atoms with Crippen molar-refractivity contribution in [1.82, 2.24) is 5.32 Å². The van der Waals surface area contributed by atoms with Crippen LogP contribution in [0.1, 0.15) is 29.8 Å². The molecule has 0 fully saturated rings. The fourth-order valence-corrected chi connectivity index (χ4v) is 4.15. The van der Waals surface area contributed by atoms with Crippen LogP contribution >= 0.6 is 11.8 Å². The van der Waals surface area contributed by atoms with Gasteiger partial charge in [0.2, 0.25) is 5.12 Å². The fraction of sp³-hybridized carbons (Fsp3) is 0.231. The second-order valence-electron chi connectivity index (χ2n) is 7.44. The number of hydrogen-bond acceptors (Lipinski definition) is 4. The highest BCUT2D eigenvalue weighted by atomic mass is 32.2. The zero-order valence-electron chi connectivity index (χ0n) is 18.0. The summed E-state index contributed by atoms with van der Waals surface area (Å²) < 4.78 is 5.10. The third-order valence-electron chi connectivity index (χ3n) is 4.95. The van der Waals surface area contributed by atoms with Gasteiger partial charge in [0.1, 0.15) is 5.75 Å². The minimum Gasteiger partial charge on any atom is -0.497 e. The molecule has 0 heterocycles. The van der Waals surface area contributed by atoms with E-state index in [1.807, 2.05) is 25.1 Å². The van der Waals surface area contributed by atoms with Crippen LogP contribution in [0.4, 0.5) is 0 Å². The molecule has 0 unspecified atom stereocenters. The van der Waals surface area contributed by atoms with Crippen LogP contribution in [0.25, 0.3) is 11.1 Å². The van der Waals surface area contributed by atoms with E-state index in [0.717, 1.165) is 6.42 Å². The molecule has 0 spiro atoms. The largest absolute Gasteiger partial charge is 0.497 e. The van der Waals surface area contributed by atoms with Crippen molar-refractivity contribution in [2.75, 3.05) is 7.11 Å². The Morgan fingerprint density at radius 1 is 0.871 bits per heavy atom. The lowest BCUT2D eigenvalue weighted by atomic mass is 10.0. The Labute approximate surface area is 188 Å². The second kappa shape index (κ2) is 10.8. The average Bonchev–Trinajstić information content (AvgIpc) is 2.80. The van der Waals surface area contributed by atoms with E-state index in [1.54, 1.807) is 38.3 Å². The molecule has 0 aromatic heterocycles. The van der Waals surface area contributed by atoms with Crippen LogP contribution in [0, 0.1) is 0 Å². The maximum atomic E-state index is 12.6. The molecule has 1 N–H and O–H groups in total. The summed E-state index contributed by atoms with van der Waals surface area (Å²) in [6.07, 6.45) is 0.782. The molecule has 0 aliphatic rings. The van der Waals surface area contributed by atoms with Crippen molar-refractivity contribution in [3.8, 4) is 16.9 Å².